The molecule has 1 aliphatic rings. The number of benzene rings is 3. The third kappa shape index (κ3) is 4.44. The zero-order valence-corrected chi connectivity index (χ0v) is 17.8. The summed E-state index contributed by atoms with van der Waals surface area (Å²) >= 11 is 0. The van der Waals surface area contributed by atoms with Gasteiger partial charge in [-0.1, -0.05) is 36.4 Å². The van der Waals surface area contributed by atoms with E-state index in [0.717, 1.165) is 0 Å². The zero-order valence-electron chi connectivity index (χ0n) is 17.8. The molecule has 4 aromatic rings. The Labute approximate surface area is 190 Å². The van der Waals surface area contributed by atoms with E-state index in [2.05, 4.69) is 5.32 Å². The Morgan fingerprint density at radius 1 is 0.848 bits per heavy atom. The van der Waals surface area contributed by atoms with Crippen LogP contribution >= 0.6 is 0 Å². The van der Waals surface area contributed by atoms with E-state index >= 15 is 0 Å². The number of hydrogen-bond donors (Lipinski definition) is 1. The lowest BCUT2D eigenvalue weighted by Gasteiger charge is -2.26. The van der Waals surface area contributed by atoms with Crippen LogP contribution in [0.15, 0.2) is 83.3 Å². The lowest BCUT2D eigenvalue weighted by atomic mass is 10.1. The van der Waals surface area contributed by atoms with E-state index in [4.69, 9.17) is 13.9 Å². The first kappa shape index (κ1) is 20.8. The summed E-state index contributed by atoms with van der Waals surface area (Å²) in [6.45, 7) is 1.90. The number of anilines is 1. The van der Waals surface area contributed by atoms with E-state index in [1.54, 1.807) is 35.2 Å². The van der Waals surface area contributed by atoms with Crippen molar-refractivity contribution in [2.75, 3.05) is 31.6 Å². The molecule has 1 aromatic heterocycles. The SMILES string of the molecule is O=C(Nc1c(C(=O)N2CCOCC2)oc2ccccc12)c1cccc(Oc2ccccc2)c1. The number of carbonyl (C=O) groups excluding carboxylic acids is 2. The highest BCUT2D eigenvalue weighted by Crippen LogP contribution is 2.32. The molecule has 7 heteroatoms. The van der Waals surface area contributed by atoms with Crippen molar-refractivity contribution in [2.45, 2.75) is 0 Å². The molecule has 1 N–H and O–H groups in total. The number of morpholine rings is 1. The summed E-state index contributed by atoms with van der Waals surface area (Å²) in [6, 6.07) is 23.5. The van der Waals surface area contributed by atoms with Gasteiger partial charge in [-0.2, -0.15) is 0 Å². The van der Waals surface area contributed by atoms with Crippen LogP contribution in [-0.4, -0.2) is 43.0 Å². The smallest absolute Gasteiger partial charge is 0.291 e. The number of para-hydroxylation sites is 2. The lowest BCUT2D eigenvalue weighted by molar-refractivity contribution is 0.0285. The van der Waals surface area contributed by atoms with E-state index in [-0.39, 0.29) is 17.6 Å². The Morgan fingerprint density at radius 2 is 1.58 bits per heavy atom. The normalized spacial score (nSPS) is 13.6. The number of furan rings is 1. The van der Waals surface area contributed by atoms with E-state index in [0.29, 0.717) is 60.0 Å². The summed E-state index contributed by atoms with van der Waals surface area (Å²) < 4.78 is 17.1. The maximum absolute atomic E-state index is 13.2. The Morgan fingerprint density at radius 3 is 2.39 bits per heavy atom. The second-order valence-corrected chi connectivity index (χ2v) is 7.60. The first-order chi connectivity index (χ1) is 16.2. The second-order valence-electron chi connectivity index (χ2n) is 7.60. The highest BCUT2D eigenvalue weighted by molar-refractivity contribution is 6.14. The zero-order chi connectivity index (χ0) is 22.6. The molecule has 1 fully saturated rings. The minimum Gasteiger partial charge on any atom is -0.457 e. The molecule has 5 rings (SSSR count). The molecule has 2 heterocycles. The van der Waals surface area contributed by atoms with Gasteiger partial charge in [-0.3, -0.25) is 9.59 Å². The Hall–Kier alpha value is -4.10. The predicted molar refractivity (Wildman–Crippen MR) is 124 cm³/mol. The van der Waals surface area contributed by atoms with E-state index in [9.17, 15) is 9.59 Å². The van der Waals surface area contributed by atoms with E-state index in [1.807, 2.05) is 48.5 Å². The molecule has 166 valence electrons. The fourth-order valence-corrected chi connectivity index (χ4v) is 3.74. The van der Waals surface area contributed by atoms with E-state index < -0.39 is 0 Å². The minimum atomic E-state index is -0.365. The van der Waals surface area contributed by atoms with Gasteiger partial charge in [0.15, 0.2) is 0 Å². The molecular formula is C26H22N2O5. The summed E-state index contributed by atoms with van der Waals surface area (Å²) in [6.07, 6.45) is 0. The van der Waals surface area contributed by atoms with Crippen LogP contribution in [0.5, 0.6) is 11.5 Å². The van der Waals surface area contributed by atoms with Gasteiger partial charge in [0, 0.05) is 24.0 Å². The maximum atomic E-state index is 13.2. The number of carbonyl (C=O) groups is 2. The van der Waals surface area contributed by atoms with Crippen LogP contribution in [0.2, 0.25) is 0 Å². The third-order valence-electron chi connectivity index (χ3n) is 5.40. The fourth-order valence-electron chi connectivity index (χ4n) is 3.74. The van der Waals surface area contributed by atoms with Crippen LogP contribution in [0.25, 0.3) is 11.0 Å². The Bertz CT molecular complexity index is 1290. The fraction of sp³-hybridized carbons (Fsp3) is 0.154. The summed E-state index contributed by atoms with van der Waals surface area (Å²) in [5.41, 5.74) is 1.30. The largest absolute Gasteiger partial charge is 0.457 e. The monoisotopic (exact) mass is 442 g/mol. The van der Waals surface area contributed by atoms with Crippen LogP contribution in [0.3, 0.4) is 0 Å². The van der Waals surface area contributed by atoms with Crippen molar-refractivity contribution < 1.29 is 23.5 Å². The van der Waals surface area contributed by atoms with Gasteiger partial charge >= 0.3 is 0 Å². The molecule has 0 radical (unpaired) electrons. The van der Waals surface area contributed by atoms with Crippen molar-refractivity contribution in [1.82, 2.24) is 4.90 Å². The standard InChI is InChI=1S/C26H22N2O5/c29-25(18-7-6-10-20(17-18)32-19-8-2-1-3-9-19)27-23-21-11-4-5-12-22(21)33-24(23)26(30)28-13-15-31-16-14-28/h1-12,17H,13-16H2,(H,27,29). The average Bonchev–Trinajstić information content (AvgIpc) is 3.23. The van der Waals surface area contributed by atoms with Crippen LogP contribution in [0, 0.1) is 0 Å². The highest BCUT2D eigenvalue weighted by Gasteiger charge is 2.27. The number of ether oxygens (including phenoxy) is 2. The molecule has 3 aromatic carbocycles. The van der Waals surface area contributed by atoms with Gasteiger partial charge in [-0.15, -0.1) is 0 Å². The molecular weight excluding hydrogens is 420 g/mol. The minimum absolute atomic E-state index is 0.114. The second kappa shape index (κ2) is 9.18. The predicted octanol–water partition coefficient (Wildman–Crippen LogP) is 4.95. The van der Waals surface area contributed by atoms with E-state index in [1.165, 1.54) is 0 Å². The Kier molecular flexibility index (Phi) is 5.78. The first-order valence-electron chi connectivity index (χ1n) is 10.7. The number of fused-ring (bicyclic) bond motifs is 1. The molecule has 33 heavy (non-hydrogen) atoms. The number of nitrogens with zero attached hydrogens (tertiary/aromatic N) is 1. The summed E-state index contributed by atoms with van der Waals surface area (Å²) in [5.74, 6) is 0.690. The molecule has 0 bridgehead atoms. The average molecular weight is 442 g/mol. The molecule has 0 unspecified atom stereocenters. The molecule has 1 aliphatic heterocycles. The van der Waals surface area contributed by atoms with Crippen molar-refractivity contribution in [3.05, 3.63) is 90.2 Å². The molecule has 1 saturated heterocycles. The van der Waals surface area contributed by atoms with Crippen molar-refractivity contribution in [3.63, 3.8) is 0 Å². The van der Waals surface area contributed by atoms with Crippen molar-refractivity contribution in [1.29, 1.82) is 0 Å². The Balaban J connectivity index is 1.43. The van der Waals surface area contributed by atoms with Gasteiger partial charge in [0.25, 0.3) is 11.8 Å². The van der Waals surface area contributed by atoms with Crippen LogP contribution in [0.4, 0.5) is 5.69 Å². The van der Waals surface area contributed by atoms with Gasteiger partial charge < -0.3 is 24.1 Å². The lowest BCUT2D eigenvalue weighted by Crippen LogP contribution is -2.40. The number of nitrogens with one attached hydrogen (secondary N) is 1. The molecule has 0 aliphatic carbocycles. The van der Waals surface area contributed by atoms with Gasteiger partial charge in [0.1, 0.15) is 22.8 Å². The summed E-state index contributed by atoms with van der Waals surface area (Å²) in [7, 11) is 0. The van der Waals surface area contributed by atoms with Crippen LogP contribution in [-0.2, 0) is 4.74 Å². The number of amides is 2. The molecule has 0 atom stereocenters. The van der Waals surface area contributed by atoms with Crippen LogP contribution in [0.1, 0.15) is 20.9 Å². The topological polar surface area (TPSA) is 81.0 Å². The molecule has 0 spiro atoms. The number of hydrogen-bond acceptors (Lipinski definition) is 5. The number of rotatable bonds is 5. The molecule has 7 nitrogen and oxygen atoms in total. The van der Waals surface area contributed by atoms with Gasteiger partial charge in [-0.25, -0.2) is 0 Å². The first-order valence-corrected chi connectivity index (χ1v) is 10.7. The van der Waals surface area contributed by atoms with Gasteiger partial charge in [0.05, 0.1) is 13.2 Å². The van der Waals surface area contributed by atoms with Crippen LogP contribution < -0.4 is 10.1 Å². The third-order valence-corrected chi connectivity index (χ3v) is 5.40. The van der Waals surface area contributed by atoms with Gasteiger partial charge in [0.2, 0.25) is 5.76 Å². The quantitative estimate of drug-likeness (QED) is 0.473. The summed E-state index contributed by atoms with van der Waals surface area (Å²) in [5, 5.41) is 3.56. The molecule has 0 saturated carbocycles. The van der Waals surface area contributed by atoms with Gasteiger partial charge in [-0.05, 0) is 42.5 Å². The van der Waals surface area contributed by atoms with Crippen molar-refractivity contribution >= 4 is 28.5 Å². The maximum Gasteiger partial charge on any atom is 0.291 e. The highest BCUT2D eigenvalue weighted by atomic mass is 16.5. The summed E-state index contributed by atoms with van der Waals surface area (Å²) in [4.78, 5) is 28.0. The molecule has 2 amide bonds. The van der Waals surface area contributed by atoms with Crippen molar-refractivity contribution in [3.8, 4) is 11.5 Å². The van der Waals surface area contributed by atoms with Crippen molar-refractivity contribution in [2.24, 2.45) is 0 Å².